The lowest BCUT2D eigenvalue weighted by Crippen LogP contribution is -2.33. The summed E-state index contributed by atoms with van der Waals surface area (Å²) in [5.74, 6) is 2.54. The Morgan fingerprint density at radius 2 is 1.73 bits per heavy atom. The smallest absolute Gasteiger partial charge is 0.320 e. The number of ether oxygens (including phenoxy) is 1. The van der Waals surface area contributed by atoms with Crippen molar-refractivity contribution in [3.05, 3.63) is 101 Å². The topological polar surface area (TPSA) is 98.4 Å². The summed E-state index contributed by atoms with van der Waals surface area (Å²) in [5, 5.41) is 19.9. The van der Waals surface area contributed by atoms with Gasteiger partial charge in [-0.05, 0) is 61.6 Å². The minimum absolute atomic E-state index is 0.144. The fourth-order valence-electron chi connectivity index (χ4n) is 5.76. The molecule has 0 spiro atoms. The second-order valence-corrected chi connectivity index (χ2v) is 13.0. The van der Waals surface area contributed by atoms with E-state index in [1.165, 1.54) is 0 Å². The highest BCUT2D eigenvalue weighted by molar-refractivity contribution is 5.89. The van der Waals surface area contributed by atoms with Gasteiger partial charge in [-0.25, -0.2) is 9.48 Å². The van der Waals surface area contributed by atoms with Gasteiger partial charge in [0.1, 0.15) is 23.5 Å². The third kappa shape index (κ3) is 6.04. The average molecular weight is 592 g/mol. The Bertz CT molecular complexity index is 1780. The number of carbonyl (C=O) groups is 1. The van der Waals surface area contributed by atoms with Gasteiger partial charge in [0.15, 0.2) is 5.65 Å². The number of aryl methyl sites for hydroxylation is 1. The van der Waals surface area contributed by atoms with E-state index in [1.807, 2.05) is 69.9 Å². The summed E-state index contributed by atoms with van der Waals surface area (Å²) in [6, 6.07) is 21.8. The molecule has 44 heavy (non-hydrogen) atoms. The lowest BCUT2D eigenvalue weighted by molar-refractivity contribution is 0.193. The first-order valence-electron chi connectivity index (χ1n) is 15.4. The number of amides is 2. The van der Waals surface area contributed by atoms with Crippen molar-refractivity contribution < 1.29 is 9.53 Å². The molecule has 1 aliphatic carbocycles. The van der Waals surface area contributed by atoms with Crippen molar-refractivity contribution in [3.8, 4) is 11.4 Å². The second-order valence-electron chi connectivity index (χ2n) is 13.0. The van der Waals surface area contributed by atoms with Crippen LogP contribution in [0, 0.1) is 6.92 Å². The number of nitrogens with one attached hydrogen (secondary N) is 2. The summed E-state index contributed by atoms with van der Waals surface area (Å²) in [4.78, 5) is 13.5. The third-order valence-corrected chi connectivity index (χ3v) is 8.18. The van der Waals surface area contributed by atoms with E-state index in [1.54, 1.807) is 0 Å². The zero-order valence-electron chi connectivity index (χ0n) is 26.3. The number of rotatable bonds is 6. The predicted molar refractivity (Wildman–Crippen MR) is 173 cm³/mol. The minimum Gasteiger partial charge on any atom is -0.484 e. The van der Waals surface area contributed by atoms with Crippen LogP contribution >= 0.6 is 0 Å². The zero-order chi connectivity index (χ0) is 31.0. The Morgan fingerprint density at radius 1 is 0.977 bits per heavy atom. The number of pyridine rings is 1. The van der Waals surface area contributed by atoms with Gasteiger partial charge in [-0.3, -0.25) is 9.72 Å². The summed E-state index contributed by atoms with van der Waals surface area (Å²) in [5.41, 5.74) is 5.75. The van der Waals surface area contributed by atoms with Crippen LogP contribution in [0.3, 0.4) is 0 Å². The van der Waals surface area contributed by atoms with Gasteiger partial charge in [0.05, 0.1) is 23.6 Å². The maximum Gasteiger partial charge on any atom is 0.320 e. The van der Waals surface area contributed by atoms with E-state index in [0.717, 1.165) is 64.6 Å². The fraction of sp³-hybridized carbons (Fsp3) is 0.371. The highest BCUT2D eigenvalue weighted by atomic mass is 16.5. The van der Waals surface area contributed by atoms with Crippen LogP contribution in [0.4, 0.5) is 10.6 Å². The molecule has 5 aromatic rings. The Balaban J connectivity index is 1.23. The van der Waals surface area contributed by atoms with E-state index in [2.05, 4.69) is 74.5 Å². The Kier molecular flexibility index (Phi) is 7.88. The first-order valence-corrected chi connectivity index (χ1v) is 15.4. The van der Waals surface area contributed by atoms with Crippen LogP contribution in [0.25, 0.3) is 11.3 Å². The lowest BCUT2D eigenvalue weighted by Gasteiger charge is -2.22. The number of urea groups is 1. The Hall–Kier alpha value is -4.66. The van der Waals surface area contributed by atoms with Gasteiger partial charge in [-0.2, -0.15) is 5.10 Å². The molecule has 1 aliphatic rings. The third-order valence-electron chi connectivity index (χ3n) is 8.18. The molecule has 3 aromatic heterocycles. The molecule has 2 N–H and O–H groups in total. The molecule has 2 amide bonds. The van der Waals surface area contributed by atoms with Gasteiger partial charge < -0.3 is 10.1 Å². The second kappa shape index (κ2) is 11.8. The summed E-state index contributed by atoms with van der Waals surface area (Å²) >= 11 is 0. The number of aromatic nitrogens is 5. The largest absolute Gasteiger partial charge is 0.484 e. The van der Waals surface area contributed by atoms with E-state index in [4.69, 9.17) is 9.84 Å². The average Bonchev–Trinajstić information content (AvgIpc) is 3.57. The van der Waals surface area contributed by atoms with Gasteiger partial charge in [0.2, 0.25) is 0 Å². The summed E-state index contributed by atoms with van der Waals surface area (Å²) in [6.45, 7) is 12.6. The van der Waals surface area contributed by atoms with E-state index >= 15 is 0 Å². The molecule has 228 valence electrons. The number of fused-ring (bicyclic) bond motifs is 2. The lowest BCUT2D eigenvalue weighted by atomic mass is 9.92. The van der Waals surface area contributed by atoms with Crippen LogP contribution in [0.1, 0.15) is 100 Å². The number of nitrogens with zero attached hydrogens (tertiary/aromatic N) is 5. The van der Waals surface area contributed by atoms with Crippen molar-refractivity contribution in [2.75, 3.05) is 5.32 Å². The molecule has 0 radical (unpaired) electrons. The highest BCUT2D eigenvalue weighted by Gasteiger charge is 2.28. The first-order chi connectivity index (χ1) is 21.1. The van der Waals surface area contributed by atoms with Crippen LogP contribution < -0.4 is 15.4 Å². The van der Waals surface area contributed by atoms with Crippen molar-refractivity contribution in [3.63, 3.8) is 0 Å². The molecule has 0 bridgehead atoms. The number of benzene rings is 2. The van der Waals surface area contributed by atoms with E-state index in [0.29, 0.717) is 5.82 Å². The van der Waals surface area contributed by atoms with Crippen molar-refractivity contribution >= 4 is 17.5 Å². The molecule has 2 atom stereocenters. The molecular weight excluding hydrogens is 550 g/mol. The van der Waals surface area contributed by atoms with E-state index < -0.39 is 0 Å². The number of carbonyl (C=O) groups excluding carboxylic acids is 1. The molecule has 9 heteroatoms. The van der Waals surface area contributed by atoms with Crippen LogP contribution in [0.5, 0.6) is 5.75 Å². The Morgan fingerprint density at radius 3 is 2.45 bits per heavy atom. The summed E-state index contributed by atoms with van der Waals surface area (Å²) in [6.07, 6.45) is 4.37. The molecular formula is C35H41N7O2. The van der Waals surface area contributed by atoms with Crippen LogP contribution in [0.2, 0.25) is 0 Å². The molecule has 0 saturated carbocycles. The monoisotopic (exact) mass is 591 g/mol. The van der Waals surface area contributed by atoms with Gasteiger partial charge in [-0.1, -0.05) is 76.6 Å². The van der Waals surface area contributed by atoms with Crippen LogP contribution in [-0.4, -0.2) is 30.4 Å². The normalized spacial score (nSPS) is 16.9. The van der Waals surface area contributed by atoms with E-state index in [9.17, 15) is 4.79 Å². The fourth-order valence-corrected chi connectivity index (χ4v) is 5.76. The molecule has 0 aliphatic heterocycles. The molecule has 0 unspecified atom stereocenters. The SMILES string of the molecule is Cc1ccc(-n2nc(C(C)(C)C)cc2NC(=O)N[C@H]2CCC[C@@H](Oc3ccc4nnc(C(C)C)n4c3)c3ccccc32)cc1. The maximum atomic E-state index is 13.5. The van der Waals surface area contributed by atoms with Crippen molar-refractivity contribution in [1.82, 2.24) is 29.7 Å². The zero-order valence-corrected chi connectivity index (χ0v) is 26.3. The quantitative estimate of drug-likeness (QED) is 0.196. The number of anilines is 1. The van der Waals surface area contributed by atoms with Crippen molar-refractivity contribution in [1.29, 1.82) is 0 Å². The molecule has 0 fully saturated rings. The Labute approximate surface area is 258 Å². The minimum atomic E-state index is -0.267. The summed E-state index contributed by atoms with van der Waals surface area (Å²) in [7, 11) is 0. The van der Waals surface area contributed by atoms with Gasteiger partial charge >= 0.3 is 6.03 Å². The first kappa shape index (κ1) is 29.4. The molecule has 2 aromatic carbocycles. The number of hydrogen-bond donors (Lipinski definition) is 2. The van der Waals surface area contributed by atoms with E-state index in [-0.39, 0.29) is 29.5 Å². The van der Waals surface area contributed by atoms with Crippen LogP contribution in [0.15, 0.2) is 72.9 Å². The predicted octanol–water partition coefficient (Wildman–Crippen LogP) is 7.81. The van der Waals surface area contributed by atoms with Gasteiger partial charge in [-0.15, -0.1) is 10.2 Å². The van der Waals surface area contributed by atoms with Crippen LogP contribution in [-0.2, 0) is 5.41 Å². The molecule has 9 nitrogen and oxygen atoms in total. The molecule has 0 saturated heterocycles. The molecule has 3 heterocycles. The standard InChI is InChI=1S/C35H41N7O2/c1-22(2)33-39-38-31-19-18-25(21-41(31)33)44-29-13-9-12-28(26-10-7-8-11-27(26)29)36-34(43)37-32-20-30(35(4,5)6)40-42(32)24-16-14-23(3)15-17-24/h7-8,10-11,14-22,28-29H,9,12-13H2,1-6H3,(H2,36,37,43)/t28-,29+/m0/s1. The van der Waals surface area contributed by atoms with Crippen molar-refractivity contribution in [2.45, 2.75) is 84.3 Å². The van der Waals surface area contributed by atoms with Crippen molar-refractivity contribution in [2.24, 2.45) is 0 Å². The highest BCUT2D eigenvalue weighted by Crippen LogP contribution is 2.37. The molecule has 6 rings (SSSR count). The number of hydrogen-bond acceptors (Lipinski definition) is 5. The van der Waals surface area contributed by atoms with Gasteiger partial charge in [0, 0.05) is 17.4 Å². The maximum absolute atomic E-state index is 13.5. The summed E-state index contributed by atoms with van der Waals surface area (Å²) < 4.78 is 10.4. The van der Waals surface area contributed by atoms with Gasteiger partial charge in [0.25, 0.3) is 0 Å².